The highest BCUT2D eigenvalue weighted by atomic mass is 35.5. The monoisotopic (exact) mass is 260 g/mol. The van der Waals surface area contributed by atoms with Crippen LogP contribution in [0.4, 0.5) is 5.69 Å². The molecule has 0 spiro atoms. The van der Waals surface area contributed by atoms with E-state index >= 15 is 0 Å². The van der Waals surface area contributed by atoms with Crippen LogP contribution in [0.3, 0.4) is 0 Å². The van der Waals surface area contributed by atoms with Crippen molar-refractivity contribution >= 4 is 40.7 Å². The molecule has 0 aliphatic carbocycles. The molecule has 0 aliphatic rings. The van der Waals surface area contributed by atoms with Gasteiger partial charge in [-0.25, -0.2) is 4.98 Å². The molecule has 2 N–H and O–H groups in total. The van der Waals surface area contributed by atoms with Crippen LogP contribution < -0.4 is 5.73 Å². The second kappa shape index (κ2) is 4.35. The predicted molar refractivity (Wildman–Crippen MR) is 61.5 cm³/mol. The molecule has 0 bridgehead atoms. The van der Waals surface area contributed by atoms with E-state index in [4.69, 9.17) is 33.4 Å². The van der Waals surface area contributed by atoms with Gasteiger partial charge in [-0.3, -0.25) is 0 Å². The molecule has 15 heavy (non-hydrogen) atoms. The van der Waals surface area contributed by atoms with E-state index in [1.165, 1.54) is 18.0 Å². The Bertz CT molecular complexity index is 473. The zero-order valence-corrected chi connectivity index (χ0v) is 9.73. The third-order valence-electron chi connectivity index (χ3n) is 1.66. The van der Waals surface area contributed by atoms with Crippen LogP contribution in [0.1, 0.15) is 0 Å². The molecule has 0 radical (unpaired) electrons. The van der Waals surface area contributed by atoms with Gasteiger partial charge in [0.05, 0.1) is 16.2 Å². The lowest BCUT2D eigenvalue weighted by molar-refractivity contribution is 0.454. The summed E-state index contributed by atoms with van der Waals surface area (Å²) in [7, 11) is 0. The summed E-state index contributed by atoms with van der Waals surface area (Å²) >= 11 is 13.0. The molecule has 1 aromatic heterocycles. The quantitative estimate of drug-likeness (QED) is 0.837. The minimum atomic E-state index is 0.436. The van der Waals surface area contributed by atoms with E-state index in [1.54, 1.807) is 18.3 Å². The highest BCUT2D eigenvalue weighted by molar-refractivity contribution is 7.99. The number of nitrogen functional groups attached to an aromatic ring is 1. The summed E-state index contributed by atoms with van der Waals surface area (Å²) in [5.74, 6) is 0. The first-order valence-corrected chi connectivity index (χ1v) is 5.56. The number of oxazole rings is 1. The number of anilines is 1. The lowest BCUT2D eigenvalue weighted by atomic mass is 10.3. The van der Waals surface area contributed by atoms with E-state index < -0.39 is 0 Å². The summed E-state index contributed by atoms with van der Waals surface area (Å²) in [5.41, 5.74) is 6.32. The Kier molecular flexibility index (Phi) is 3.09. The maximum Gasteiger partial charge on any atom is 0.260 e. The summed E-state index contributed by atoms with van der Waals surface area (Å²) in [4.78, 5) is 4.74. The molecule has 0 fully saturated rings. The van der Waals surface area contributed by atoms with E-state index in [2.05, 4.69) is 4.98 Å². The Morgan fingerprint density at radius 3 is 2.67 bits per heavy atom. The van der Waals surface area contributed by atoms with E-state index in [9.17, 15) is 0 Å². The molecule has 3 nitrogen and oxygen atoms in total. The maximum absolute atomic E-state index is 5.87. The summed E-state index contributed by atoms with van der Waals surface area (Å²) in [5, 5.41) is 1.41. The summed E-state index contributed by atoms with van der Waals surface area (Å²) in [6.07, 6.45) is 3.06. The second-order valence-corrected chi connectivity index (χ2v) is 4.51. The van der Waals surface area contributed by atoms with Crippen LogP contribution in [0.5, 0.6) is 0 Å². The molecule has 0 amide bonds. The van der Waals surface area contributed by atoms with Crippen LogP contribution in [-0.2, 0) is 0 Å². The molecule has 0 unspecified atom stereocenters. The SMILES string of the molecule is Nc1cc(Cl)c(Cl)cc1Sc1ncco1. The van der Waals surface area contributed by atoms with E-state index in [0.717, 1.165) is 4.90 Å². The standard InChI is InChI=1S/C9H6Cl2N2OS/c10-5-3-7(12)8(4-6(5)11)15-9-13-1-2-14-9/h1-4H,12H2. The van der Waals surface area contributed by atoms with Crippen LogP contribution in [0.15, 0.2) is 39.1 Å². The highest BCUT2D eigenvalue weighted by Gasteiger charge is 2.08. The minimum absolute atomic E-state index is 0.436. The van der Waals surface area contributed by atoms with Crippen molar-refractivity contribution in [2.24, 2.45) is 0 Å². The number of hydrogen-bond donors (Lipinski definition) is 1. The third kappa shape index (κ3) is 2.40. The molecule has 1 heterocycles. The molecule has 0 atom stereocenters. The normalized spacial score (nSPS) is 10.5. The van der Waals surface area contributed by atoms with Gasteiger partial charge in [0, 0.05) is 10.6 Å². The molecule has 2 rings (SSSR count). The van der Waals surface area contributed by atoms with Crippen molar-refractivity contribution in [2.45, 2.75) is 10.1 Å². The lowest BCUT2D eigenvalue weighted by Gasteiger charge is -2.04. The molecular formula is C9H6Cl2N2OS. The van der Waals surface area contributed by atoms with Gasteiger partial charge in [-0.05, 0) is 23.9 Å². The van der Waals surface area contributed by atoms with Gasteiger partial charge in [0.1, 0.15) is 6.26 Å². The molecule has 1 aromatic carbocycles. The Balaban J connectivity index is 2.33. The zero-order chi connectivity index (χ0) is 10.8. The Labute approximate surface area is 101 Å². The van der Waals surface area contributed by atoms with Crippen molar-refractivity contribution in [3.05, 3.63) is 34.6 Å². The number of benzene rings is 1. The van der Waals surface area contributed by atoms with Gasteiger partial charge in [0.25, 0.3) is 5.22 Å². The topological polar surface area (TPSA) is 52.0 Å². The van der Waals surface area contributed by atoms with Gasteiger partial charge in [0.2, 0.25) is 0 Å². The van der Waals surface area contributed by atoms with Gasteiger partial charge in [-0.1, -0.05) is 23.2 Å². The minimum Gasteiger partial charge on any atom is -0.440 e. The Morgan fingerprint density at radius 2 is 2.00 bits per heavy atom. The second-order valence-electron chi connectivity index (χ2n) is 2.70. The molecule has 6 heteroatoms. The van der Waals surface area contributed by atoms with Crippen molar-refractivity contribution < 1.29 is 4.42 Å². The zero-order valence-electron chi connectivity index (χ0n) is 7.41. The first-order chi connectivity index (χ1) is 7.16. The van der Waals surface area contributed by atoms with E-state index in [1.807, 2.05) is 0 Å². The number of hydrogen-bond acceptors (Lipinski definition) is 4. The fourth-order valence-corrected chi connectivity index (χ4v) is 2.15. The first-order valence-electron chi connectivity index (χ1n) is 3.98. The Morgan fingerprint density at radius 1 is 1.27 bits per heavy atom. The Hall–Kier alpha value is -0.840. The van der Waals surface area contributed by atoms with E-state index in [0.29, 0.717) is 21.0 Å². The number of nitrogens with two attached hydrogens (primary N) is 1. The summed E-state index contributed by atoms with van der Waals surface area (Å²) < 4.78 is 5.08. The van der Waals surface area contributed by atoms with Crippen molar-refractivity contribution in [1.29, 1.82) is 0 Å². The number of aromatic nitrogens is 1. The van der Waals surface area contributed by atoms with Gasteiger partial charge < -0.3 is 10.2 Å². The molecule has 0 aliphatic heterocycles. The molecule has 0 saturated heterocycles. The fraction of sp³-hybridized carbons (Fsp3) is 0. The van der Waals surface area contributed by atoms with Crippen LogP contribution >= 0.6 is 35.0 Å². The molecule has 2 aromatic rings. The fourth-order valence-electron chi connectivity index (χ4n) is 0.987. The molecule has 78 valence electrons. The van der Waals surface area contributed by atoms with Gasteiger partial charge >= 0.3 is 0 Å². The number of nitrogens with zero attached hydrogens (tertiary/aromatic N) is 1. The van der Waals surface area contributed by atoms with Gasteiger partial charge in [-0.2, -0.15) is 0 Å². The van der Waals surface area contributed by atoms with Crippen molar-refractivity contribution in [3.8, 4) is 0 Å². The third-order valence-corrected chi connectivity index (χ3v) is 3.33. The van der Waals surface area contributed by atoms with E-state index in [-0.39, 0.29) is 0 Å². The largest absolute Gasteiger partial charge is 0.440 e. The lowest BCUT2D eigenvalue weighted by Crippen LogP contribution is -1.88. The first kappa shape index (κ1) is 10.7. The van der Waals surface area contributed by atoms with Gasteiger partial charge in [-0.15, -0.1) is 0 Å². The van der Waals surface area contributed by atoms with Crippen molar-refractivity contribution in [1.82, 2.24) is 4.98 Å². The number of rotatable bonds is 2. The number of halogens is 2. The van der Waals surface area contributed by atoms with Gasteiger partial charge in [0.15, 0.2) is 0 Å². The predicted octanol–water partition coefficient (Wildman–Crippen LogP) is 3.71. The average Bonchev–Trinajstić information content (AvgIpc) is 2.67. The molecular weight excluding hydrogens is 255 g/mol. The summed E-state index contributed by atoms with van der Waals surface area (Å²) in [6.45, 7) is 0. The van der Waals surface area contributed by atoms with Crippen LogP contribution in [0, 0.1) is 0 Å². The smallest absolute Gasteiger partial charge is 0.260 e. The van der Waals surface area contributed by atoms with Crippen molar-refractivity contribution in [2.75, 3.05) is 5.73 Å². The van der Waals surface area contributed by atoms with Crippen molar-refractivity contribution in [3.63, 3.8) is 0 Å². The molecule has 0 saturated carbocycles. The summed E-state index contributed by atoms with van der Waals surface area (Å²) in [6, 6.07) is 3.29. The average molecular weight is 261 g/mol. The maximum atomic E-state index is 5.87. The van der Waals surface area contributed by atoms with Crippen LogP contribution in [0.2, 0.25) is 10.0 Å². The van der Waals surface area contributed by atoms with Crippen LogP contribution in [0.25, 0.3) is 0 Å². The van der Waals surface area contributed by atoms with Crippen LogP contribution in [-0.4, -0.2) is 4.98 Å². The highest BCUT2D eigenvalue weighted by Crippen LogP contribution is 2.36.